The van der Waals surface area contributed by atoms with Crippen LogP contribution < -0.4 is 51.4 Å². The van der Waals surface area contributed by atoms with Gasteiger partial charge in [-0.2, -0.15) is 0 Å². The van der Waals surface area contributed by atoms with Crippen LogP contribution in [0.1, 0.15) is 70.7 Å². The summed E-state index contributed by atoms with van der Waals surface area (Å²) in [4.78, 5) is 0. The number of aliphatic hydroxyl groups is 3. The SMILES string of the molecule is CC1(c2cccc(C3(C)CO3)c2)CO1.CCOCCOCCO.CCOCCOCCOCC(C)(O)c1cccc(C(C)(O)COCCOCCOCC)c1.[K+].[OH-]. The third-order valence-corrected chi connectivity index (χ3v) is 8.82. The Morgan fingerprint density at radius 1 is 0.544 bits per heavy atom. The number of epoxide rings is 2. The smallest absolute Gasteiger partial charge is 0.870 e. The summed E-state index contributed by atoms with van der Waals surface area (Å²) < 4.78 is 53.1. The van der Waals surface area contributed by atoms with Gasteiger partial charge in [-0.25, -0.2) is 0 Å². The van der Waals surface area contributed by atoms with E-state index in [2.05, 4.69) is 38.1 Å². The second-order valence-corrected chi connectivity index (χ2v) is 14.0. The first kappa shape index (κ1) is 56.5. The van der Waals surface area contributed by atoms with Crippen molar-refractivity contribution < 1.29 is 120 Å². The van der Waals surface area contributed by atoms with Crippen molar-refractivity contribution in [2.45, 2.75) is 70.9 Å². The molecule has 0 aromatic heterocycles. The number of hydrogen-bond donors (Lipinski definition) is 3. The molecular weight excluding hydrogens is 768 g/mol. The molecule has 2 fully saturated rings. The van der Waals surface area contributed by atoms with Crippen LogP contribution in [-0.2, 0) is 69.8 Å². The normalized spacial score (nSPS) is 20.0. The van der Waals surface area contributed by atoms with Crippen molar-refractivity contribution in [3.05, 3.63) is 70.8 Å². The Kier molecular flexibility index (Phi) is 31.1. The first-order valence-corrected chi connectivity index (χ1v) is 19.5. The fourth-order valence-electron chi connectivity index (χ4n) is 5.02. The molecule has 0 bridgehead atoms. The third kappa shape index (κ3) is 23.9. The van der Waals surface area contributed by atoms with Crippen molar-refractivity contribution >= 4 is 0 Å². The fourth-order valence-corrected chi connectivity index (χ4v) is 5.02. The number of benzene rings is 2. The van der Waals surface area contributed by atoms with Gasteiger partial charge < -0.3 is 68.2 Å². The van der Waals surface area contributed by atoms with Crippen LogP contribution in [0.15, 0.2) is 48.5 Å². The van der Waals surface area contributed by atoms with Gasteiger partial charge in [-0.1, -0.05) is 36.4 Å². The Morgan fingerprint density at radius 2 is 0.860 bits per heavy atom. The van der Waals surface area contributed by atoms with E-state index >= 15 is 0 Å². The Labute approximate surface area is 383 Å². The van der Waals surface area contributed by atoms with E-state index in [1.54, 1.807) is 26.0 Å². The van der Waals surface area contributed by atoms with Crippen molar-refractivity contribution in [3.8, 4) is 0 Å². The summed E-state index contributed by atoms with van der Waals surface area (Å²) in [5, 5.41) is 30.0. The zero-order valence-electron chi connectivity index (χ0n) is 35.9. The molecule has 2 saturated heterocycles. The van der Waals surface area contributed by atoms with Gasteiger partial charge in [-0.15, -0.1) is 0 Å². The van der Waals surface area contributed by atoms with Crippen LogP contribution in [0.4, 0.5) is 0 Å². The minimum absolute atomic E-state index is 0. The van der Waals surface area contributed by atoms with Crippen molar-refractivity contribution in [1.29, 1.82) is 0 Å². The maximum absolute atomic E-state index is 10.9. The predicted octanol–water partition coefficient (Wildman–Crippen LogP) is 1.28. The van der Waals surface area contributed by atoms with Gasteiger partial charge in [0.2, 0.25) is 0 Å². The van der Waals surface area contributed by atoms with Crippen molar-refractivity contribution in [2.75, 3.05) is 126 Å². The Bertz CT molecular complexity index is 1190. The zero-order chi connectivity index (χ0) is 40.5. The molecule has 4 N–H and O–H groups in total. The molecule has 57 heavy (non-hydrogen) atoms. The predicted molar refractivity (Wildman–Crippen MR) is 211 cm³/mol. The average molecular weight is 839 g/mol. The molecule has 2 aromatic carbocycles. The molecule has 0 aliphatic carbocycles. The van der Waals surface area contributed by atoms with Crippen LogP contribution in [0, 0.1) is 0 Å². The summed E-state index contributed by atoms with van der Waals surface area (Å²) in [7, 11) is 0. The first-order valence-electron chi connectivity index (χ1n) is 19.5. The van der Waals surface area contributed by atoms with Gasteiger partial charge in [-0.05, 0) is 82.9 Å². The topological polar surface area (TPSA) is 190 Å². The monoisotopic (exact) mass is 838 g/mol. The fraction of sp³-hybridized carbons (Fsp3) is 0.714. The molecule has 0 radical (unpaired) electrons. The maximum Gasteiger partial charge on any atom is 1.00 e. The van der Waals surface area contributed by atoms with E-state index in [0.29, 0.717) is 97.0 Å². The van der Waals surface area contributed by atoms with Crippen LogP contribution in [0.2, 0.25) is 0 Å². The molecular formula is C42H71KO14. The van der Waals surface area contributed by atoms with E-state index in [9.17, 15) is 10.2 Å². The van der Waals surface area contributed by atoms with Crippen LogP contribution in [0.3, 0.4) is 0 Å². The zero-order valence-corrected chi connectivity index (χ0v) is 39.0. The molecule has 2 aromatic rings. The second-order valence-electron chi connectivity index (χ2n) is 14.0. The average Bonchev–Trinajstić information content (AvgIpc) is 4.12. The summed E-state index contributed by atoms with van der Waals surface area (Å²) in [5.41, 5.74) is 1.40. The Hall–Kier alpha value is -0.484. The molecule has 0 amide bonds. The van der Waals surface area contributed by atoms with E-state index in [1.165, 1.54) is 11.1 Å². The van der Waals surface area contributed by atoms with Crippen LogP contribution in [0.5, 0.6) is 0 Å². The number of rotatable bonds is 28. The summed E-state index contributed by atoms with van der Waals surface area (Å²) in [6.45, 7) is 22.9. The van der Waals surface area contributed by atoms with Gasteiger partial charge in [0, 0.05) is 19.8 Å². The quantitative estimate of drug-likeness (QED) is 0.0632. The van der Waals surface area contributed by atoms with Crippen LogP contribution >= 0.6 is 0 Å². The third-order valence-electron chi connectivity index (χ3n) is 8.82. The van der Waals surface area contributed by atoms with Gasteiger partial charge >= 0.3 is 51.4 Å². The number of aliphatic hydroxyl groups excluding tert-OH is 1. The Balaban J connectivity index is 0.00000102. The van der Waals surface area contributed by atoms with Gasteiger partial charge in [-0.3, -0.25) is 0 Å². The number of hydrogen-bond acceptors (Lipinski definition) is 14. The van der Waals surface area contributed by atoms with Crippen LogP contribution in [-0.4, -0.2) is 146 Å². The van der Waals surface area contributed by atoms with Gasteiger partial charge in [0.05, 0.1) is 106 Å². The minimum atomic E-state index is -1.20. The molecule has 15 heteroatoms. The summed E-state index contributed by atoms with van der Waals surface area (Å²) in [6.07, 6.45) is 0. The van der Waals surface area contributed by atoms with Crippen molar-refractivity contribution in [2.24, 2.45) is 0 Å². The van der Waals surface area contributed by atoms with E-state index in [-0.39, 0.29) is 87.9 Å². The van der Waals surface area contributed by atoms with E-state index in [4.69, 9.17) is 52.5 Å². The van der Waals surface area contributed by atoms with Gasteiger partial charge in [0.1, 0.15) is 22.4 Å². The van der Waals surface area contributed by atoms with E-state index in [1.807, 2.05) is 32.9 Å². The molecule has 0 spiro atoms. The number of ether oxygens (including phenoxy) is 10. The standard InChI is InChI=1S/C24H42O8.C12H14O2.C6H14O3.K.H2O/c1-5-27-10-12-29-14-16-31-19-23(3,25)21-8-7-9-22(18-21)24(4,26)20-32-17-15-30-13-11-28-6-2;1-11(7-13-11)9-4-3-5-10(6-9)12(2)8-14-12;1-2-8-5-6-9-4-3-7;;/h7-9,18,25-26H,5-6,10-17,19-20H2,1-4H3;3-6H,7-8H2,1-2H3;7H,2-6H2,1H3;;1H2/q;;;+1;/p-1. The van der Waals surface area contributed by atoms with Gasteiger partial charge in [0.15, 0.2) is 0 Å². The summed E-state index contributed by atoms with van der Waals surface area (Å²) in [5.74, 6) is 0. The van der Waals surface area contributed by atoms with Gasteiger partial charge in [0.25, 0.3) is 0 Å². The molecule has 324 valence electrons. The molecule has 4 rings (SSSR count). The largest absolute Gasteiger partial charge is 1.00 e. The molecule has 2 aliphatic rings. The minimum Gasteiger partial charge on any atom is -0.870 e. The second kappa shape index (κ2) is 31.4. The summed E-state index contributed by atoms with van der Waals surface area (Å²) in [6, 6.07) is 15.8. The molecule has 14 nitrogen and oxygen atoms in total. The summed E-state index contributed by atoms with van der Waals surface area (Å²) >= 11 is 0. The van der Waals surface area contributed by atoms with E-state index < -0.39 is 11.2 Å². The molecule has 4 unspecified atom stereocenters. The maximum atomic E-state index is 10.9. The first-order chi connectivity index (χ1) is 26.4. The molecule has 0 saturated carbocycles. The van der Waals surface area contributed by atoms with E-state index in [0.717, 1.165) is 19.8 Å². The van der Waals surface area contributed by atoms with Crippen molar-refractivity contribution in [1.82, 2.24) is 0 Å². The molecule has 2 aliphatic heterocycles. The van der Waals surface area contributed by atoms with Crippen LogP contribution in [0.25, 0.3) is 0 Å². The molecule has 4 atom stereocenters. The van der Waals surface area contributed by atoms with Crippen molar-refractivity contribution in [3.63, 3.8) is 0 Å². The molecule has 2 heterocycles. The Morgan fingerprint density at radius 3 is 1.19 bits per heavy atom.